The lowest BCUT2D eigenvalue weighted by Crippen LogP contribution is -2.55. The van der Waals surface area contributed by atoms with E-state index in [0.29, 0.717) is 30.5 Å². The molecule has 0 aliphatic carbocycles. The third-order valence-corrected chi connectivity index (χ3v) is 6.13. The second kappa shape index (κ2) is 6.48. The Morgan fingerprint density at radius 1 is 1.24 bits per heavy atom. The van der Waals surface area contributed by atoms with Crippen LogP contribution in [0.3, 0.4) is 0 Å². The normalized spacial score (nSPS) is 28.1. The molecule has 3 aliphatic heterocycles. The lowest BCUT2D eigenvalue weighted by Gasteiger charge is -2.44. The van der Waals surface area contributed by atoms with Gasteiger partial charge in [0.05, 0.1) is 17.2 Å². The molecule has 1 spiro atoms. The highest BCUT2D eigenvalue weighted by Crippen LogP contribution is 2.42. The molecule has 3 saturated heterocycles. The molecular weight excluding hydrogens is 320 g/mol. The van der Waals surface area contributed by atoms with Crippen molar-refractivity contribution in [2.75, 3.05) is 32.8 Å². The highest BCUT2D eigenvalue weighted by atomic mass is 16.5. The van der Waals surface area contributed by atoms with Crippen LogP contribution in [0.1, 0.15) is 48.2 Å². The minimum atomic E-state index is -0.385. The van der Waals surface area contributed by atoms with E-state index in [1.165, 1.54) is 0 Å². The number of carbonyl (C=O) groups excluding carboxylic acids is 2. The molecule has 0 bridgehead atoms. The van der Waals surface area contributed by atoms with Crippen LogP contribution in [0, 0.1) is 12.3 Å². The number of hydrogen-bond donors (Lipinski definition) is 0. The Bertz CT molecular complexity index is 664. The van der Waals surface area contributed by atoms with E-state index in [2.05, 4.69) is 4.90 Å². The molecule has 0 radical (unpaired) electrons. The molecule has 3 aliphatic rings. The number of likely N-dealkylation sites (tertiary alicyclic amines) is 2. The van der Waals surface area contributed by atoms with E-state index in [1.54, 1.807) is 19.3 Å². The molecular formula is C19H26N2O4. The highest BCUT2D eigenvalue weighted by molar-refractivity contribution is 5.96. The molecule has 25 heavy (non-hydrogen) atoms. The van der Waals surface area contributed by atoms with E-state index in [0.717, 1.165) is 51.9 Å². The number of rotatable bonds is 2. The first-order chi connectivity index (χ1) is 12.1. The van der Waals surface area contributed by atoms with Gasteiger partial charge in [0, 0.05) is 38.9 Å². The summed E-state index contributed by atoms with van der Waals surface area (Å²) in [6, 6.07) is 2.03. The summed E-state index contributed by atoms with van der Waals surface area (Å²) in [5.74, 6) is 0.883. The zero-order valence-electron chi connectivity index (χ0n) is 14.8. The Morgan fingerprint density at radius 3 is 2.76 bits per heavy atom. The van der Waals surface area contributed by atoms with Gasteiger partial charge in [0.2, 0.25) is 5.91 Å². The second-order valence-corrected chi connectivity index (χ2v) is 7.59. The topological polar surface area (TPSA) is 63.0 Å². The summed E-state index contributed by atoms with van der Waals surface area (Å²) in [6.45, 7) is 5.32. The predicted octanol–water partition coefficient (Wildman–Crippen LogP) is 2.22. The van der Waals surface area contributed by atoms with E-state index in [4.69, 9.17) is 9.15 Å². The van der Waals surface area contributed by atoms with Gasteiger partial charge in [-0.05, 0) is 45.1 Å². The Kier molecular flexibility index (Phi) is 4.31. The number of amides is 2. The Labute approximate surface area is 148 Å². The summed E-state index contributed by atoms with van der Waals surface area (Å²) in [6.07, 6.45) is 6.09. The van der Waals surface area contributed by atoms with Crippen molar-refractivity contribution in [3.63, 3.8) is 0 Å². The van der Waals surface area contributed by atoms with Gasteiger partial charge in [-0.2, -0.15) is 0 Å². The van der Waals surface area contributed by atoms with Crippen LogP contribution in [-0.2, 0) is 9.53 Å². The Balaban J connectivity index is 1.49. The molecule has 4 rings (SSSR count). The lowest BCUT2D eigenvalue weighted by atomic mass is 9.77. The van der Waals surface area contributed by atoms with Crippen molar-refractivity contribution in [1.82, 2.24) is 9.80 Å². The fourth-order valence-corrected chi connectivity index (χ4v) is 4.65. The quantitative estimate of drug-likeness (QED) is 0.824. The van der Waals surface area contributed by atoms with E-state index in [1.807, 2.05) is 4.90 Å². The van der Waals surface area contributed by atoms with Crippen molar-refractivity contribution >= 4 is 11.8 Å². The van der Waals surface area contributed by atoms with Gasteiger partial charge in [-0.3, -0.25) is 9.59 Å². The van der Waals surface area contributed by atoms with Gasteiger partial charge < -0.3 is 19.0 Å². The van der Waals surface area contributed by atoms with Gasteiger partial charge in [0.15, 0.2) is 0 Å². The monoisotopic (exact) mass is 346 g/mol. The average Bonchev–Trinajstić information content (AvgIpc) is 3.25. The molecule has 3 fully saturated rings. The van der Waals surface area contributed by atoms with E-state index < -0.39 is 0 Å². The van der Waals surface area contributed by atoms with Crippen molar-refractivity contribution < 1.29 is 18.7 Å². The van der Waals surface area contributed by atoms with Gasteiger partial charge in [0.25, 0.3) is 5.91 Å². The van der Waals surface area contributed by atoms with Crippen LogP contribution < -0.4 is 0 Å². The summed E-state index contributed by atoms with van der Waals surface area (Å²) in [5.41, 5.74) is 0.228. The van der Waals surface area contributed by atoms with Crippen LogP contribution in [0.2, 0.25) is 0 Å². The zero-order chi connectivity index (χ0) is 17.4. The molecule has 6 heteroatoms. The molecule has 2 amide bonds. The van der Waals surface area contributed by atoms with Crippen molar-refractivity contribution in [2.24, 2.45) is 5.41 Å². The van der Waals surface area contributed by atoms with E-state index >= 15 is 0 Å². The van der Waals surface area contributed by atoms with Crippen molar-refractivity contribution in [1.29, 1.82) is 0 Å². The van der Waals surface area contributed by atoms with Crippen molar-refractivity contribution in [2.45, 2.75) is 45.1 Å². The molecule has 4 heterocycles. The summed E-state index contributed by atoms with van der Waals surface area (Å²) in [5, 5.41) is 0. The largest absolute Gasteiger partial charge is 0.469 e. The molecule has 0 aromatic carbocycles. The smallest absolute Gasteiger partial charge is 0.257 e. The third-order valence-electron chi connectivity index (χ3n) is 6.13. The molecule has 1 aromatic heterocycles. The molecule has 6 nitrogen and oxygen atoms in total. The highest BCUT2D eigenvalue weighted by Gasteiger charge is 2.50. The van der Waals surface area contributed by atoms with Crippen molar-refractivity contribution in [3.8, 4) is 0 Å². The van der Waals surface area contributed by atoms with Crippen LogP contribution in [-0.4, -0.2) is 60.5 Å². The minimum Gasteiger partial charge on any atom is -0.469 e. The van der Waals surface area contributed by atoms with Crippen LogP contribution in [0.4, 0.5) is 0 Å². The molecule has 0 N–H and O–H groups in total. The first-order valence-corrected chi connectivity index (χ1v) is 9.33. The van der Waals surface area contributed by atoms with E-state index in [9.17, 15) is 9.59 Å². The molecule has 136 valence electrons. The third kappa shape index (κ3) is 2.86. The number of ether oxygens (including phenoxy) is 1. The minimum absolute atomic E-state index is 0.0147. The fraction of sp³-hybridized carbons (Fsp3) is 0.684. The van der Waals surface area contributed by atoms with Gasteiger partial charge in [-0.1, -0.05) is 0 Å². The Hall–Kier alpha value is -1.82. The number of hydrogen-bond acceptors (Lipinski definition) is 4. The van der Waals surface area contributed by atoms with E-state index in [-0.39, 0.29) is 17.2 Å². The maximum atomic E-state index is 13.3. The number of aryl methyl sites for hydroxylation is 1. The van der Waals surface area contributed by atoms with Crippen molar-refractivity contribution in [3.05, 3.63) is 23.7 Å². The van der Waals surface area contributed by atoms with Gasteiger partial charge in [0.1, 0.15) is 5.76 Å². The number of nitrogens with zero attached hydrogens (tertiary/aromatic N) is 2. The molecule has 0 unspecified atom stereocenters. The van der Waals surface area contributed by atoms with Gasteiger partial charge in [-0.25, -0.2) is 0 Å². The predicted molar refractivity (Wildman–Crippen MR) is 91.2 cm³/mol. The molecule has 0 saturated carbocycles. The summed E-state index contributed by atoms with van der Waals surface area (Å²) in [4.78, 5) is 30.0. The number of carbonyl (C=O) groups is 2. The van der Waals surface area contributed by atoms with Crippen LogP contribution in [0.15, 0.2) is 16.7 Å². The average molecular weight is 346 g/mol. The first kappa shape index (κ1) is 16.6. The molecule has 1 atom stereocenters. The second-order valence-electron chi connectivity index (χ2n) is 7.59. The first-order valence-electron chi connectivity index (χ1n) is 9.33. The number of furan rings is 1. The van der Waals surface area contributed by atoms with Gasteiger partial charge >= 0.3 is 0 Å². The Morgan fingerprint density at radius 2 is 2.04 bits per heavy atom. The fourth-order valence-electron chi connectivity index (χ4n) is 4.65. The zero-order valence-corrected chi connectivity index (χ0v) is 14.8. The van der Waals surface area contributed by atoms with Crippen LogP contribution in [0.25, 0.3) is 0 Å². The molecule has 1 aromatic rings. The SMILES string of the molecule is Cc1occc1C(=O)N1CC[C@]2(CCCN(C3CCOCC3)C2=O)C1. The lowest BCUT2D eigenvalue weighted by molar-refractivity contribution is -0.150. The number of piperidine rings is 1. The van der Waals surface area contributed by atoms with Crippen LogP contribution >= 0.6 is 0 Å². The van der Waals surface area contributed by atoms with Gasteiger partial charge in [-0.15, -0.1) is 0 Å². The maximum Gasteiger partial charge on any atom is 0.257 e. The van der Waals surface area contributed by atoms with Crippen LogP contribution in [0.5, 0.6) is 0 Å². The standard InChI is InChI=1S/C19H26N2O4/c1-14-16(5-12-25-14)17(22)20-9-7-19(13-20)6-2-8-21(18(19)23)15-3-10-24-11-4-15/h5,12,15H,2-4,6-11,13H2,1H3/t19-/m1/s1. The maximum absolute atomic E-state index is 13.3. The summed E-state index contributed by atoms with van der Waals surface area (Å²) >= 11 is 0. The summed E-state index contributed by atoms with van der Waals surface area (Å²) < 4.78 is 10.7. The summed E-state index contributed by atoms with van der Waals surface area (Å²) in [7, 11) is 0.